The van der Waals surface area contributed by atoms with Crippen molar-refractivity contribution in [3.63, 3.8) is 0 Å². The first-order chi connectivity index (χ1) is 9.28. The number of thiocarbonyl (C=S) groups is 1. The number of nitrogens with two attached hydrogens (primary N) is 1. The number of rotatable bonds is 2. The molecule has 1 amide bonds. The van der Waals surface area contributed by atoms with Crippen molar-refractivity contribution in [2.24, 2.45) is 5.73 Å². The van der Waals surface area contributed by atoms with E-state index >= 15 is 0 Å². The van der Waals surface area contributed by atoms with Crippen LogP contribution in [0.1, 0.15) is 36.7 Å². The molecule has 1 aliphatic rings. The molecule has 2 rings (SSSR count). The first-order valence-corrected chi connectivity index (χ1v) is 7.06. The van der Waals surface area contributed by atoms with Crippen LogP contribution in [0.2, 0.25) is 0 Å². The molecule has 1 aromatic rings. The molecular formula is C15H20N2O2S. The van der Waals surface area contributed by atoms with Crippen LogP contribution in [-0.2, 0) is 4.74 Å². The normalized spacial score (nSPS) is 21.6. The smallest absolute Gasteiger partial charge is 0.254 e. The van der Waals surface area contributed by atoms with Crippen molar-refractivity contribution >= 4 is 23.1 Å². The van der Waals surface area contributed by atoms with Crippen molar-refractivity contribution in [3.8, 4) is 0 Å². The zero-order valence-corrected chi connectivity index (χ0v) is 12.9. The Morgan fingerprint density at radius 3 is 2.40 bits per heavy atom. The molecule has 0 aliphatic carbocycles. The van der Waals surface area contributed by atoms with Crippen LogP contribution in [0, 0.1) is 0 Å². The number of amides is 1. The fraction of sp³-hybridized carbons (Fsp3) is 0.467. The van der Waals surface area contributed by atoms with Crippen molar-refractivity contribution < 1.29 is 9.53 Å². The quantitative estimate of drug-likeness (QED) is 0.847. The van der Waals surface area contributed by atoms with Crippen molar-refractivity contribution in [3.05, 3.63) is 35.4 Å². The summed E-state index contributed by atoms with van der Waals surface area (Å²) in [6.45, 7) is 7.18. The number of hydrogen-bond donors (Lipinski definition) is 1. The average molecular weight is 292 g/mol. The second kappa shape index (κ2) is 5.50. The van der Waals surface area contributed by atoms with E-state index in [2.05, 4.69) is 0 Å². The number of carbonyl (C=O) groups is 1. The molecule has 1 saturated heterocycles. The highest BCUT2D eigenvalue weighted by atomic mass is 32.1. The van der Waals surface area contributed by atoms with Crippen molar-refractivity contribution in [1.82, 2.24) is 4.90 Å². The fourth-order valence-electron chi connectivity index (χ4n) is 2.57. The molecule has 1 atom stereocenters. The van der Waals surface area contributed by atoms with Gasteiger partial charge in [0.1, 0.15) is 4.99 Å². The van der Waals surface area contributed by atoms with Gasteiger partial charge in [-0.1, -0.05) is 24.4 Å². The van der Waals surface area contributed by atoms with Gasteiger partial charge in [-0.15, -0.1) is 0 Å². The lowest BCUT2D eigenvalue weighted by molar-refractivity contribution is -0.118. The van der Waals surface area contributed by atoms with Gasteiger partial charge in [0, 0.05) is 24.2 Å². The summed E-state index contributed by atoms with van der Waals surface area (Å²) >= 11 is 4.91. The third-order valence-electron chi connectivity index (χ3n) is 3.27. The van der Waals surface area contributed by atoms with Crippen molar-refractivity contribution in [2.45, 2.75) is 32.5 Å². The molecule has 1 heterocycles. The van der Waals surface area contributed by atoms with Gasteiger partial charge in [0.05, 0.1) is 11.7 Å². The Morgan fingerprint density at radius 2 is 1.90 bits per heavy atom. The number of nitrogens with zero attached hydrogens (tertiary/aromatic N) is 1. The standard InChI is InChI=1S/C15H20N2O2S/c1-10-8-17(9-15(2,3)19-10)14(18)12-6-4-11(5-7-12)13(16)20/h4-7,10H,8-9H2,1-3H3,(H2,16,20). The number of carbonyl (C=O) groups excluding carboxylic acids is 1. The fourth-order valence-corrected chi connectivity index (χ4v) is 2.70. The molecule has 0 radical (unpaired) electrons. The summed E-state index contributed by atoms with van der Waals surface area (Å²) in [6.07, 6.45) is 0.0404. The Kier molecular flexibility index (Phi) is 4.11. The molecule has 4 nitrogen and oxygen atoms in total. The Hall–Kier alpha value is -1.46. The highest BCUT2D eigenvalue weighted by molar-refractivity contribution is 7.80. The molecule has 108 valence electrons. The van der Waals surface area contributed by atoms with Gasteiger partial charge >= 0.3 is 0 Å². The van der Waals surface area contributed by atoms with E-state index in [4.69, 9.17) is 22.7 Å². The number of ether oxygens (including phenoxy) is 1. The van der Waals surface area contributed by atoms with E-state index in [0.29, 0.717) is 23.6 Å². The van der Waals surface area contributed by atoms with E-state index in [1.165, 1.54) is 0 Å². The summed E-state index contributed by atoms with van der Waals surface area (Å²) in [5, 5.41) is 0. The molecule has 2 N–H and O–H groups in total. The zero-order valence-electron chi connectivity index (χ0n) is 12.1. The molecule has 0 aromatic heterocycles. The summed E-state index contributed by atoms with van der Waals surface area (Å²) in [5.74, 6) is 0.0164. The van der Waals surface area contributed by atoms with E-state index < -0.39 is 0 Å². The first kappa shape index (κ1) is 14.9. The Balaban J connectivity index is 2.16. The van der Waals surface area contributed by atoms with Gasteiger partial charge < -0.3 is 15.4 Å². The van der Waals surface area contributed by atoms with Crippen LogP contribution in [0.25, 0.3) is 0 Å². The summed E-state index contributed by atoms with van der Waals surface area (Å²) in [7, 11) is 0. The Bertz CT molecular complexity index is 525. The summed E-state index contributed by atoms with van der Waals surface area (Å²) in [5.41, 5.74) is 6.66. The molecule has 0 saturated carbocycles. The minimum absolute atomic E-state index is 0.0164. The Morgan fingerprint density at radius 1 is 1.35 bits per heavy atom. The van der Waals surface area contributed by atoms with E-state index in [9.17, 15) is 4.79 Å². The number of benzene rings is 1. The van der Waals surface area contributed by atoms with Crippen LogP contribution in [0.5, 0.6) is 0 Å². The lowest BCUT2D eigenvalue weighted by Gasteiger charge is -2.41. The van der Waals surface area contributed by atoms with E-state index in [-0.39, 0.29) is 17.6 Å². The minimum atomic E-state index is -0.313. The number of morpholine rings is 1. The zero-order chi connectivity index (χ0) is 14.9. The largest absolute Gasteiger partial charge is 0.389 e. The maximum absolute atomic E-state index is 12.5. The molecule has 1 aliphatic heterocycles. The van der Waals surface area contributed by atoms with E-state index in [0.717, 1.165) is 5.56 Å². The van der Waals surface area contributed by atoms with Gasteiger partial charge in [-0.25, -0.2) is 0 Å². The number of hydrogen-bond acceptors (Lipinski definition) is 3. The topological polar surface area (TPSA) is 55.6 Å². The van der Waals surface area contributed by atoms with Gasteiger partial charge in [0.2, 0.25) is 0 Å². The second-order valence-corrected chi connectivity index (χ2v) is 6.26. The summed E-state index contributed by atoms with van der Waals surface area (Å²) < 4.78 is 5.81. The summed E-state index contributed by atoms with van der Waals surface area (Å²) in [6, 6.07) is 7.10. The lowest BCUT2D eigenvalue weighted by Crippen LogP contribution is -2.53. The van der Waals surface area contributed by atoms with Crippen LogP contribution in [0.3, 0.4) is 0 Å². The molecule has 1 aromatic carbocycles. The second-order valence-electron chi connectivity index (χ2n) is 5.82. The maximum Gasteiger partial charge on any atom is 0.254 e. The van der Waals surface area contributed by atoms with Gasteiger partial charge in [-0.2, -0.15) is 0 Å². The average Bonchev–Trinajstić information content (AvgIpc) is 2.35. The molecular weight excluding hydrogens is 272 g/mol. The van der Waals surface area contributed by atoms with Crippen molar-refractivity contribution in [1.29, 1.82) is 0 Å². The highest BCUT2D eigenvalue weighted by Crippen LogP contribution is 2.22. The van der Waals surface area contributed by atoms with Crippen LogP contribution in [0.4, 0.5) is 0 Å². The van der Waals surface area contributed by atoms with E-state index in [1.807, 2.05) is 25.7 Å². The highest BCUT2D eigenvalue weighted by Gasteiger charge is 2.33. The summed E-state index contributed by atoms with van der Waals surface area (Å²) in [4.78, 5) is 14.7. The van der Waals surface area contributed by atoms with Crippen LogP contribution in [-0.4, -0.2) is 40.6 Å². The molecule has 0 spiro atoms. The minimum Gasteiger partial charge on any atom is -0.389 e. The molecule has 20 heavy (non-hydrogen) atoms. The van der Waals surface area contributed by atoms with Gasteiger partial charge in [-0.05, 0) is 32.9 Å². The van der Waals surface area contributed by atoms with Gasteiger partial charge in [0.25, 0.3) is 5.91 Å². The molecule has 5 heteroatoms. The SMILES string of the molecule is CC1CN(C(=O)c2ccc(C(N)=S)cc2)CC(C)(C)O1. The molecule has 1 unspecified atom stereocenters. The third-order valence-corrected chi connectivity index (χ3v) is 3.51. The Labute approximate surface area is 124 Å². The predicted octanol–water partition coefficient (Wildman–Crippen LogP) is 1.96. The van der Waals surface area contributed by atoms with Gasteiger partial charge in [0.15, 0.2) is 0 Å². The van der Waals surface area contributed by atoms with E-state index in [1.54, 1.807) is 24.3 Å². The molecule has 0 bridgehead atoms. The first-order valence-electron chi connectivity index (χ1n) is 6.65. The molecule has 1 fully saturated rings. The predicted molar refractivity (Wildman–Crippen MR) is 82.9 cm³/mol. The van der Waals surface area contributed by atoms with Crippen molar-refractivity contribution in [2.75, 3.05) is 13.1 Å². The van der Waals surface area contributed by atoms with Crippen LogP contribution >= 0.6 is 12.2 Å². The monoisotopic (exact) mass is 292 g/mol. The lowest BCUT2D eigenvalue weighted by atomic mass is 10.0. The maximum atomic E-state index is 12.5. The van der Waals surface area contributed by atoms with Crippen LogP contribution < -0.4 is 5.73 Å². The third kappa shape index (κ3) is 3.35. The van der Waals surface area contributed by atoms with Gasteiger partial charge in [-0.3, -0.25) is 4.79 Å². The van der Waals surface area contributed by atoms with Crippen LogP contribution in [0.15, 0.2) is 24.3 Å².